The SMILES string of the molecule is CC(C)(C)CNC(=O)N1CCC(CC(=O)O)C1. The Morgan fingerprint density at radius 2 is 2.06 bits per heavy atom. The molecule has 17 heavy (non-hydrogen) atoms. The van der Waals surface area contributed by atoms with Crippen LogP contribution in [0, 0.1) is 11.3 Å². The fourth-order valence-electron chi connectivity index (χ4n) is 1.88. The topological polar surface area (TPSA) is 69.6 Å². The highest BCUT2D eigenvalue weighted by Crippen LogP contribution is 2.19. The first kappa shape index (κ1) is 13.8. The van der Waals surface area contributed by atoms with E-state index in [4.69, 9.17) is 5.11 Å². The molecule has 5 heteroatoms. The van der Waals surface area contributed by atoms with Gasteiger partial charge in [-0.1, -0.05) is 20.8 Å². The molecule has 1 unspecified atom stereocenters. The lowest BCUT2D eigenvalue weighted by atomic mass is 9.97. The first-order chi connectivity index (χ1) is 7.78. The van der Waals surface area contributed by atoms with Gasteiger partial charge in [-0.3, -0.25) is 4.79 Å². The number of carbonyl (C=O) groups excluding carboxylic acids is 1. The van der Waals surface area contributed by atoms with Crippen molar-refractivity contribution in [1.82, 2.24) is 10.2 Å². The molecule has 98 valence electrons. The molecule has 1 fully saturated rings. The lowest BCUT2D eigenvalue weighted by molar-refractivity contribution is -0.138. The number of aliphatic carboxylic acids is 1. The molecule has 1 aliphatic rings. The Labute approximate surface area is 102 Å². The molecule has 2 N–H and O–H groups in total. The van der Waals surface area contributed by atoms with Crippen LogP contribution in [0.2, 0.25) is 0 Å². The maximum atomic E-state index is 11.8. The Hall–Kier alpha value is -1.26. The standard InChI is InChI=1S/C12H22N2O3/c1-12(2,3)8-13-11(17)14-5-4-9(7-14)6-10(15)16/h9H,4-8H2,1-3H3,(H,13,17)(H,15,16). The van der Waals surface area contributed by atoms with Crippen LogP contribution in [0.5, 0.6) is 0 Å². The maximum absolute atomic E-state index is 11.8. The van der Waals surface area contributed by atoms with Crippen LogP contribution >= 0.6 is 0 Å². The molecule has 2 amide bonds. The van der Waals surface area contributed by atoms with Crippen molar-refractivity contribution in [2.75, 3.05) is 19.6 Å². The van der Waals surface area contributed by atoms with E-state index in [1.807, 2.05) is 0 Å². The first-order valence-corrected chi connectivity index (χ1v) is 6.02. The van der Waals surface area contributed by atoms with Gasteiger partial charge in [0.1, 0.15) is 0 Å². The number of nitrogens with zero attached hydrogens (tertiary/aromatic N) is 1. The summed E-state index contributed by atoms with van der Waals surface area (Å²) in [6, 6.07) is -0.0761. The average Bonchev–Trinajstić information content (AvgIpc) is 2.60. The van der Waals surface area contributed by atoms with Crippen molar-refractivity contribution in [2.24, 2.45) is 11.3 Å². The second-order valence-electron chi connectivity index (χ2n) is 5.92. The number of hydrogen-bond donors (Lipinski definition) is 2. The molecule has 0 spiro atoms. The van der Waals surface area contributed by atoms with Gasteiger partial charge in [0, 0.05) is 26.1 Å². The van der Waals surface area contributed by atoms with E-state index in [1.165, 1.54) is 0 Å². The van der Waals surface area contributed by atoms with E-state index in [-0.39, 0.29) is 23.8 Å². The van der Waals surface area contributed by atoms with Gasteiger partial charge in [-0.15, -0.1) is 0 Å². The highest BCUT2D eigenvalue weighted by Gasteiger charge is 2.28. The lowest BCUT2D eigenvalue weighted by Gasteiger charge is -2.22. The van der Waals surface area contributed by atoms with E-state index in [9.17, 15) is 9.59 Å². The molecular weight excluding hydrogens is 220 g/mol. The maximum Gasteiger partial charge on any atom is 0.317 e. The van der Waals surface area contributed by atoms with E-state index in [0.717, 1.165) is 6.42 Å². The molecule has 0 aliphatic carbocycles. The van der Waals surface area contributed by atoms with E-state index in [0.29, 0.717) is 19.6 Å². The number of carbonyl (C=O) groups is 2. The van der Waals surface area contributed by atoms with E-state index < -0.39 is 5.97 Å². The summed E-state index contributed by atoms with van der Waals surface area (Å²) < 4.78 is 0. The third-order valence-electron chi connectivity index (χ3n) is 2.81. The average molecular weight is 242 g/mol. The van der Waals surface area contributed by atoms with Gasteiger partial charge in [-0.25, -0.2) is 4.79 Å². The predicted octanol–water partition coefficient (Wildman–Crippen LogP) is 1.54. The Bertz CT molecular complexity index is 297. The number of rotatable bonds is 3. The summed E-state index contributed by atoms with van der Waals surface area (Å²) in [5, 5.41) is 11.6. The molecule has 1 rings (SSSR count). The van der Waals surface area contributed by atoms with E-state index in [2.05, 4.69) is 26.1 Å². The fourth-order valence-corrected chi connectivity index (χ4v) is 1.88. The molecule has 0 aromatic rings. The van der Waals surface area contributed by atoms with Crippen LogP contribution in [0.25, 0.3) is 0 Å². The number of nitrogens with one attached hydrogen (secondary N) is 1. The number of carboxylic acid groups (broad SMARTS) is 1. The van der Waals surface area contributed by atoms with Gasteiger partial charge in [-0.05, 0) is 17.8 Å². The van der Waals surface area contributed by atoms with Crippen molar-refractivity contribution >= 4 is 12.0 Å². The monoisotopic (exact) mass is 242 g/mol. The Morgan fingerprint density at radius 1 is 1.41 bits per heavy atom. The zero-order chi connectivity index (χ0) is 13.1. The minimum atomic E-state index is -0.785. The molecule has 1 atom stereocenters. The minimum absolute atomic E-state index is 0.0653. The van der Waals surface area contributed by atoms with Crippen molar-refractivity contribution in [3.63, 3.8) is 0 Å². The number of amides is 2. The van der Waals surface area contributed by atoms with Crippen molar-refractivity contribution in [2.45, 2.75) is 33.6 Å². The van der Waals surface area contributed by atoms with Crippen LogP contribution in [-0.2, 0) is 4.79 Å². The van der Waals surface area contributed by atoms with Crippen LogP contribution < -0.4 is 5.32 Å². The molecule has 0 bridgehead atoms. The molecule has 0 saturated carbocycles. The molecule has 1 heterocycles. The molecule has 1 saturated heterocycles. The normalized spacial score (nSPS) is 20.4. The number of urea groups is 1. The lowest BCUT2D eigenvalue weighted by Crippen LogP contribution is -2.42. The number of likely N-dealkylation sites (tertiary alicyclic amines) is 1. The molecule has 0 radical (unpaired) electrons. The summed E-state index contributed by atoms with van der Waals surface area (Å²) in [7, 11) is 0. The second kappa shape index (κ2) is 5.38. The molecule has 0 aromatic carbocycles. The zero-order valence-corrected chi connectivity index (χ0v) is 10.8. The van der Waals surface area contributed by atoms with E-state index in [1.54, 1.807) is 4.90 Å². The van der Waals surface area contributed by atoms with Gasteiger partial charge in [0.15, 0.2) is 0 Å². The third-order valence-corrected chi connectivity index (χ3v) is 2.81. The molecule has 1 aliphatic heterocycles. The van der Waals surface area contributed by atoms with Crippen molar-refractivity contribution in [3.05, 3.63) is 0 Å². The first-order valence-electron chi connectivity index (χ1n) is 6.02. The van der Waals surface area contributed by atoms with Gasteiger partial charge < -0.3 is 15.3 Å². The van der Waals surface area contributed by atoms with Crippen LogP contribution in [-0.4, -0.2) is 41.6 Å². The quantitative estimate of drug-likeness (QED) is 0.788. The number of hydrogen-bond acceptors (Lipinski definition) is 2. The van der Waals surface area contributed by atoms with Gasteiger partial charge in [0.2, 0.25) is 0 Å². The molecule has 0 aromatic heterocycles. The van der Waals surface area contributed by atoms with Gasteiger partial charge in [0.05, 0.1) is 0 Å². The second-order valence-corrected chi connectivity index (χ2v) is 5.92. The van der Waals surface area contributed by atoms with Crippen LogP contribution in [0.4, 0.5) is 4.79 Å². The molecule has 5 nitrogen and oxygen atoms in total. The Kier molecular flexibility index (Phi) is 4.37. The third kappa shape index (κ3) is 5.06. The van der Waals surface area contributed by atoms with Crippen molar-refractivity contribution in [1.29, 1.82) is 0 Å². The summed E-state index contributed by atoms with van der Waals surface area (Å²) in [6.45, 7) is 8.03. The summed E-state index contributed by atoms with van der Waals surface area (Å²) in [6.07, 6.45) is 0.943. The summed E-state index contributed by atoms with van der Waals surface area (Å²) in [4.78, 5) is 24.1. The summed E-state index contributed by atoms with van der Waals surface area (Å²) >= 11 is 0. The summed E-state index contributed by atoms with van der Waals surface area (Å²) in [5.41, 5.74) is 0.0653. The van der Waals surface area contributed by atoms with Gasteiger partial charge >= 0.3 is 12.0 Å². The van der Waals surface area contributed by atoms with Crippen molar-refractivity contribution < 1.29 is 14.7 Å². The Balaban J connectivity index is 2.33. The van der Waals surface area contributed by atoms with Crippen LogP contribution in [0.15, 0.2) is 0 Å². The van der Waals surface area contributed by atoms with Gasteiger partial charge in [-0.2, -0.15) is 0 Å². The highest BCUT2D eigenvalue weighted by molar-refractivity contribution is 5.74. The highest BCUT2D eigenvalue weighted by atomic mass is 16.4. The fraction of sp³-hybridized carbons (Fsp3) is 0.833. The predicted molar refractivity (Wildman–Crippen MR) is 64.8 cm³/mol. The van der Waals surface area contributed by atoms with Gasteiger partial charge in [0.25, 0.3) is 0 Å². The summed E-state index contributed by atoms with van der Waals surface area (Å²) in [5.74, 6) is -0.681. The largest absolute Gasteiger partial charge is 0.481 e. The smallest absolute Gasteiger partial charge is 0.317 e. The number of carboxylic acids is 1. The molecular formula is C12H22N2O3. The van der Waals surface area contributed by atoms with E-state index >= 15 is 0 Å². The van der Waals surface area contributed by atoms with Crippen molar-refractivity contribution in [3.8, 4) is 0 Å². The zero-order valence-electron chi connectivity index (χ0n) is 10.8. The van der Waals surface area contributed by atoms with Crippen LogP contribution in [0.3, 0.4) is 0 Å². The minimum Gasteiger partial charge on any atom is -0.481 e. The van der Waals surface area contributed by atoms with Crippen LogP contribution in [0.1, 0.15) is 33.6 Å². The Morgan fingerprint density at radius 3 is 2.59 bits per heavy atom.